The van der Waals surface area contributed by atoms with E-state index in [0.29, 0.717) is 11.3 Å². The molecule has 2 heterocycles. The topological polar surface area (TPSA) is 130 Å². The normalized spacial score (nSPS) is 13.3. The molecule has 4 aromatic rings. The van der Waals surface area contributed by atoms with Crippen molar-refractivity contribution in [2.45, 2.75) is 53.0 Å². The number of methoxy groups -OCH3 is 1. The monoisotopic (exact) mass is 643 g/mol. The molecule has 1 aliphatic heterocycles. The number of hydrogen-bond acceptors (Lipinski definition) is 8. The Hall–Kier alpha value is -4.81. The van der Waals surface area contributed by atoms with E-state index in [1.54, 1.807) is 18.2 Å². The molecule has 0 bridgehead atoms. The number of amides is 1. The molecule has 5 rings (SSSR count). The first-order valence-electron chi connectivity index (χ1n) is 15.0. The Bertz CT molecular complexity index is 1890. The number of nitrogens with one attached hydrogen (secondary N) is 4. The number of carbonyl (C=O) groups excluding carboxylic acids is 1. The molecule has 3 aromatic carbocycles. The second-order valence-corrected chi connectivity index (χ2v) is 14.1. The number of rotatable bonds is 10. The minimum atomic E-state index is -3.60. The Balaban J connectivity index is 1.42. The van der Waals surface area contributed by atoms with Gasteiger partial charge in [0.15, 0.2) is 5.75 Å². The van der Waals surface area contributed by atoms with Crippen LogP contribution in [0.3, 0.4) is 0 Å². The van der Waals surface area contributed by atoms with Crippen molar-refractivity contribution in [1.29, 1.82) is 0 Å². The number of aromatic nitrogens is 2. The van der Waals surface area contributed by atoms with Gasteiger partial charge in [0.1, 0.15) is 11.5 Å². The number of ether oxygens (including phenoxy) is 1. The molecular weight excluding hydrogens is 602 g/mol. The highest BCUT2D eigenvalue weighted by Gasteiger charge is 2.24. The van der Waals surface area contributed by atoms with E-state index in [4.69, 9.17) is 9.72 Å². The third-order valence-corrected chi connectivity index (χ3v) is 8.24. The number of hydrazine groups is 2. The zero-order valence-electron chi connectivity index (χ0n) is 27.2. The molecule has 0 atom stereocenters. The van der Waals surface area contributed by atoms with Crippen LogP contribution in [-0.4, -0.2) is 37.2 Å². The largest absolute Gasteiger partial charge is 0.492 e. The van der Waals surface area contributed by atoms with E-state index in [-0.39, 0.29) is 22.8 Å². The molecule has 1 aliphatic rings. The maximum Gasteiger partial charge on any atom is 0.255 e. The lowest BCUT2D eigenvalue weighted by Crippen LogP contribution is -2.36. The Labute approximate surface area is 270 Å². The van der Waals surface area contributed by atoms with Crippen LogP contribution in [0, 0.1) is 6.92 Å². The van der Waals surface area contributed by atoms with Crippen molar-refractivity contribution < 1.29 is 17.9 Å². The molecule has 1 aromatic heterocycles. The number of anilines is 3. The van der Waals surface area contributed by atoms with Crippen molar-refractivity contribution >= 4 is 38.7 Å². The van der Waals surface area contributed by atoms with E-state index in [9.17, 15) is 13.2 Å². The van der Waals surface area contributed by atoms with Gasteiger partial charge < -0.3 is 14.6 Å². The molecule has 0 unspecified atom stereocenters. The lowest BCUT2D eigenvalue weighted by molar-refractivity contribution is 0.102. The number of benzene rings is 3. The summed E-state index contributed by atoms with van der Waals surface area (Å²) in [6.45, 7) is 10.8. The molecule has 0 saturated carbocycles. The van der Waals surface area contributed by atoms with Crippen molar-refractivity contribution in [3.8, 4) is 5.75 Å². The minimum absolute atomic E-state index is 0.218. The second kappa shape index (κ2) is 12.9. The third kappa shape index (κ3) is 7.35. The molecule has 242 valence electrons. The van der Waals surface area contributed by atoms with Crippen molar-refractivity contribution in [1.82, 2.24) is 20.5 Å². The van der Waals surface area contributed by atoms with Crippen LogP contribution in [0.5, 0.6) is 5.75 Å². The third-order valence-electron chi connectivity index (χ3n) is 7.65. The van der Waals surface area contributed by atoms with Crippen LogP contribution in [0.1, 0.15) is 66.3 Å². The first-order chi connectivity index (χ1) is 21.8. The van der Waals surface area contributed by atoms with E-state index >= 15 is 0 Å². The Morgan fingerprint density at radius 1 is 1.04 bits per heavy atom. The Kier molecular flexibility index (Phi) is 9.13. The molecule has 0 spiro atoms. The van der Waals surface area contributed by atoms with E-state index in [0.717, 1.165) is 53.3 Å². The van der Waals surface area contributed by atoms with Gasteiger partial charge in [-0.05, 0) is 53.3 Å². The van der Waals surface area contributed by atoms with Gasteiger partial charge in [0.05, 0.1) is 42.3 Å². The van der Waals surface area contributed by atoms with Gasteiger partial charge in [0, 0.05) is 24.7 Å². The zero-order valence-corrected chi connectivity index (χ0v) is 28.0. The van der Waals surface area contributed by atoms with Crippen molar-refractivity contribution in [2.75, 3.05) is 28.4 Å². The molecule has 12 heteroatoms. The van der Waals surface area contributed by atoms with E-state index in [2.05, 4.69) is 44.6 Å². The van der Waals surface area contributed by atoms with Crippen molar-refractivity contribution in [3.63, 3.8) is 0 Å². The van der Waals surface area contributed by atoms with Crippen LogP contribution in [0.25, 0.3) is 5.70 Å². The fraction of sp³-hybridized carbons (Fsp3) is 0.294. The average molecular weight is 644 g/mol. The molecule has 0 saturated heterocycles. The predicted molar refractivity (Wildman–Crippen MR) is 183 cm³/mol. The van der Waals surface area contributed by atoms with E-state index < -0.39 is 10.0 Å². The summed E-state index contributed by atoms with van der Waals surface area (Å²) in [6.07, 6.45) is 5.82. The van der Waals surface area contributed by atoms with Crippen molar-refractivity contribution in [2.24, 2.45) is 0 Å². The van der Waals surface area contributed by atoms with Gasteiger partial charge in [0.25, 0.3) is 5.91 Å². The first kappa shape index (κ1) is 32.6. The summed E-state index contributed by atoms with van der Waals surface area (Å²) in [4.78, 5) is 18.5. The second-order valence-electron chi connectivity index (χ2n) is 12.3. The van der Waals surface area contributed by atoms with Crippen LogP contribution in [0.4, 0.5) is 17.1 Å². The molecule has 11 nitrogen and oxygen atoms in total. The quantitative estimate of drug-likeness (QED) is 0.177. The fourth-order valence-corrected chi connectivity index (χ4v) is 5.76. The van der Waals surface area contributed by atoms with Gasteiger partial charge in [-0.2, -0.15) is 0 Å². The molecule has 4 N–H and O–H groups in total. The van der Waals surface area contributed by atoms with Crippen LogP contribution in [-0.2, 0) is 28.4 Å². The summed E-state index contributed by atoms with van der Waals surface area (Å²) >= 11 is 0. The lowest BCUT2D eigenvalue weighted by Gasteiger charge is -2.24. The summed E-state index contributed by atoms with van der Waals surface area (Å²) in [7, 11) is -2.17. The number of sulfonamides is 1. The maximum atomic E-state index is 13.6. The highest BCUT2D eigenvalue weighted by molar-refractivity contribution is 7.92. The van der Waals surface area contributed by atoms with Crippen LogP contribution < -0.4 is 30.7 Å². The molecule has 46 heavy (non-hydrogen) atoms. The SMILES string of the molecule is CCc1nc(C2=CN(c3cc(C(=O)Nc4cc(C(C)(C)C)cc(NS(C)(=O)=O)c4OC)ccc3C)NN2)cn1Cc1ccccc1. The molecule has 0 radical (unpaired) electrons. The van der Waals surface area contributed by atoms with E-state index in [1.165, 1.54) is 12.7 Å². The number of nitrogens with zero attached hydrogens (tertiary/aromatic N) is 3. The van der Waals surface area contributed by atoms with Gasteiger partial charge >= 0.3 is 0 Å². The standard InChI is InChI=1S/C34H41N7O4S/c1-8-31-35-28(20-40(31)19-23-12-10-9-11-13-23)29-21-41(39-37-29)30-16-24(15-14-22(30)2)33(42)36-26-17-25(34(3,4)5)18-27(32(26)45-6)38-46(7,43)44/h9-18,20-21,37-39H,8,19H2,1-7H3,(H,36,42). The van der Waals surface area contributed by atoms with Crippen LogP contribution in [0.2, 0.25) is 0 Å². The highest BCUT2D eigenvalue weighted by atomic mass is 32.2. The summed E-state index contributed by atoms with van der Waals surface area (Å²) in [6, 6.07) is 19.2. The molecule has 0 fully saturated rings. The number of imidazole rings is 1. The summed E-state index contributed by atoms with van der Waals surface area (Å²) in [5.74, 6) is 0.825. The minimum Gasteiger partial charge on any atom is -0.492 e. The van der Waals surface area contributed by atoms with Gasteiger partial charge in [-0.15, -0.1) is 5.53 Å². The van der Waals surface area contributed by atoms with Gasteiger partial charge in [-0.1, -0.05) is 64.1 Å². The van der Waals surface area contributed by atoms with Crippen molar-refractivity contribution in [3.05, 3.63) is 107 Å². The van der Waals surface area contributed by atoms with Gasteiger partial charge in [-0.3, -0.25) is 20.0 Å². The first-order valence-corrected chi connectivity index (χ1v) is 16.9. The summed E-state index contributed by atoms with van der Waals surface area (Å²) < 4.78 is 34.5. The lowest BCUT2D eigenvalue weighted by atomic mass is 9.86. The molecule has 1 amide bonds. The fourth-order valence-electron chi connectivity index (χ4n) is 5.21. The summed E-state index contributed by atoms with van der Waals surface area (Å²) in [5, 5.41) is 4.76. The van der Waals surface area contributed by atoms with Crippen LogP contribution in [0.15, 0.2) is 73.1 Å². The average Bonchev–Trinajstić information content (AvgIpc) is 3.64. The molecular formula is C34H41N7O4S. The van der Waals surface area contributed by atoms with Crippen LogP contribution >= 0.6 is 0 Å². The van der Waals surface area contributed by atoms with Gasteiger partial charge in [-0.25, -0.2) is 13.4 Å². The Morgan fingerprint density at radius 3 is 2.41 bits per heavy atom. The Morgan fingerprint density at radius 2 is 1.76 bits per heavy atom. The molecule has 0 aliphatic carbocycles. The number of aryl methyl sites for hydroxylation is 2. The zero-order chi connectivity index (χ0) is 33.2. The number of carbonyl (C=O) groups is 1. The van der Waals surface area contributed by atoms with Gasteiger partial charge in [0.2, 0.25) is 10.0 Å². The number of hydrogen-bond donors (Lipinski definition) is 4. The highest BCUT2D eigenvalue weighted by Crippen LogP contribution is 2.39. The maximum absolute atomic E-state index is 13.6. The van der Waals surface area contributed by atoms with E-state index in [1.807, 2.05) is 75.4 Å². The smallest absolute Gasteiger partial charge is 0.255 e. The summed E-state index contributed by atoms with van der Waals surface area (Å²) in [5.41, 5.74) is 12.4. The predicted octanol–water partition coefficient (Wildman–Crippen LogP) is 5.56.